The van der Waals surface area contributed by atoms with E-state index in [1.807, 2.05) is 43.3 Å². The van der Waals surface area contributed by atoms with Gasteiger partial charge in [0.05, 0.1) is 12.5 Å². The lowest BCUT2D eigenvalue weighted by Crippen LogP contribution is -2.44. The standard InChI is InChI=1S/C28H32N2O5/c1-2-8-19(16-26(31)32)29-27(33)18-9-7-10-20(15-18)30-28(34)35-17-25-23-13-5-3-11-21(23)22-12-4-6-14-24(22)25/h3-7,10-14,18-20,25H,2,8-9,15-17H2,1H3,(H,29,33)(H,30,34)(H,31,32)/t18-,19+,20-/m1/s1. The molecule has 3 N–H and O–H groups in total. The molecule has 184 valence electrons. The summed E-state index contributed by atoms with van der Waals surface area (Å²) in [5.41, 5.74) is 4.65. The lowest BCUT2D eigenvalue weighted by molar-refractivity contribution is -0.138. The summed E-state index contributed by atoms with van der Waals surface area (Å²) in [5, 5.41) is 14.8. The lowest BCUT2D eigenvalue weighted by atomic mass is 9.90. The van der Waals surface area contributed by atoms with Crippen LogP contribution in [0.5, 0.6) is 0 Å². The van der Waals surface area contributed by atoms with E-state index in [1.165, 1.54) is 11.1 Å². The molecule has 4 rings (SSSR count). The number of rotatable bonds is 9. The van der Waals surface area contributed by atoms with E-state index in [1.54, 1.807) is 0 Å². The minimum absolute atomic E-state index is 0.0155. The first kappa shape index (κ1) is 24.5. The molecule has 3 atom stereocenters. The quantitative estimate of drug-likeness (QED) is 0.458. The molecule has 35 heavy (non-hydrogen) atoms. The van der Waals surface area contributed by atoms with E-state index in [2.05, 4.69) is 34.9 Å². The van der Waals surface area contributed by atoms with Crippen LogP contribution in [0.25, 0.3) is 11.1 Å². The molecule has 0 bridgehead atoms. The molecule has 7 heteroatoms. The second kappa shape index (κ2) is 11.2. The van der Waals surface area contributed by atoms with Gasteiger partial charge in [0.1, 0.15) is 6.61 Å². The zero-order chi connectivity index (χ0) is 24.8. The Morgan fingerprint density at radius 1 is 1.06 bits per heavy atom. The second-order valence-corrected chi connectivity index (χ2v) is 9.26. The van der Waals surface area contributed by atoms with E-state index in [-0.39, 0.29) is 42.9 Å². The van der Waals surface area contributed by atoms with Crippen molar-refractivity contribution in [1.29, 1.82) is 0 Å². The highest BCUT2D eigenvalue weighted by molar-refractivity contribution is 5.81. The molecule has 2 aromatic carbocycles. The number of nitrogens with one attached hydrogen (secondary N) is 2. The normalized spacial score (nSPS) is 19.3. The van der Waals surface area contributed by atoms with Crippen LogP contribution in [-0.2, 0) is 14.3 Å². The first-order valence-corrected chi connectivity index (χ1v) is 12.3. The summed E-state index contributed by atoms with van der Waals surface area (Å²) in [7, 11) is 0. The molecule has 2 aromatic rings. The minimum Gasteiger partial charge on any atom is -0.481 e. The minimum atomic E-state index is -0.929. The van der Waals surface area contributed by atoms with Crippen molar-refractivity contribution in [2.75, 3.05) is 6.61 Å². The molecule has 0 saturated heterocycles. The van der Waals surface area contributed by atoms with Crippen molar-refractivity contribution in [2.45, 2.75) is 57.0 Å². The SMILES string of the molecule is CCC[C@@H](CC(=O)O)NC(=O)[C@@H]1CC=C[C@@H](NC(=O)OCC2c3ccccc3-c3ccccc32)C1. The van der Waals surface area contributed by atoms with Crippen LogP contribution in [0.3, 0.4) is 0 Å². The molecule has 0 radical (unpaired) electrons. The van der Waals surface area contributed by atoms with E-state index < -0.39 is 12.1 Å². The van der Waals surface area contributed by atoms with Crippen molar-refractivity contribution in [3.63, 3.8) is 0 Å². The summed E-state index contributed by atoms with van der Waals surface area (Å²) < 4.78 is 5.63. The maximum Gasteiger partial charge on any atom is 0.407 e. The fourth-order valence-electron chi connectivity index (χ4n) is 5.10. The van der Waals surface area contributed by atoms with Crippen LogP contribution in [0.4, 0.5) is 4.79 Å². The third-order valence-corrected chi connectivity index (χ3v) is 6.75. The number of allylic oxidation sites excluding steroid dienone is 1. The zero-order valence-electron chi connectivity index (χ0n) is 19.9. The topological polar surface area (TPSA) is 105 Å². The van der Waals surface area contributed by atoms with E-state index in [0.29, 0.717) is 19.3 Å². The van der Waals surface area contributed by atoms with Crippen LogP contribution in [-0.4, -0.2) is 41.8 Å². The molecule has 0 spiro atoms. The molecular weight excluding hydrogens is 444 g/mol. The van der Waals surface area contributed by atoms with Gasteiger partial charge >= 0.3 is 12.1 Å². The van der Waals surface area contributed by atoms with E-state index in [4.69, 9.17) is 9.84 Å². The number of fused-ring (bicyclic) bond motifs is 3. The number of benzene rings is 2. The molecule has 0 saturated carbocycles. The number of carboxylic acid groups (broad SMARTS) is 1. The fraction of sp³-hybridized carbons (Fsp3) is 0.393. The molecule has 0 heterocycles. The van der Waals surface area contributed by atoms with Gasteiger partial charge < -0.3 is 20.5 Å². The summed E-state index contributed by atoms with van der Waals surface area (Å²) in [5.74, 6) is -1.44. The molecule has 2 amide bonds. The highest BCUT2D eigenvalue weighted by Gasteiger charge is 2.30. The number of amides is 2. The molecular formula is C28H32N2O5. The molecule has 0 aromatic heterocycles. The predicted octanol–water partition coefficient (Wildman–Crippen LogP) is 4.62. The third-order valence-electron chi connectivity index (χ3n) is 6.75. The van der Waals surface area contributed by atoms with E-state index in [0.717, 1.165) is 17.5 Å². The first-order chi connectivity index (χ1) is 17.0. The number of aliphatic carboxylic acids is 1. The zero-order valence-corrected chi connectivity index (χ0v) is 19.9. The van der Waals surface area contributed by atoms with E-state index in [9.17, 15) is 14.4 Å². The molecule has 2 aliphatic rings. The van der Waals surface area contributed by atoms with Gasteiger partial charge in [-0.2, -0.15) is 0 Å². The van der Waals surface area contributed by atoms with Gasteiger partial charge in [-0.3, -0.25) is 9.59 Å². The summed E-state index contributed by atoms with van der Waals surface area (Å²) >= 11 is 0. The predicted molar refractivity (Wildman–Crippen MR) is 133 cm³/mol. The Labute approximate surface area is 205 Å². The van der Waals surface area contributed by atoms with Gasteiger partial charge in [-0.05, 0) is 41.5 Å². The summed E-state index contributed by atoms with van der Waals surface area (Å²) in [6.07, 6.45) is 5.55. The maximum absolute atomic E-state index is 12.7. The van der Waals surface area contributed by atoms with Crippen molar-refractivity contribution in [3.8, 4) is 11.1 Å². The smallest absolute Gasteiger partial charge is 0.407 e. The first-order valence-electron chi connectivity index (χ1n) is 12.3. The van der Waals surface area contributed by atoms with Gasteiger partial charge in [0.15, 0.2) is 0 Å². The van der Waals surface area contributed by atoms with Crippen molar-refractivity contribution in [3.05, 3.63) is 71.8 Å². The lowest BCUT2D eigenvalue weighted by Gasteiger charge is -2.26. The summed E-state index contributed by atoms with van der Waals surface area (Å²) in [6, 6.07) is 15.6. The Morgan fingerprint density at radius 2 is 1.71 bits per heavy atom. The molecule has 0 aliphatic heterocycles. The van der Waals surface area contributed by atoms with Crippen LogP contribution in [0.15, 0.2) is 60.7 Å². The Morgan fingerprint density at radius 3 is 2.34 bits per heavy atom. The van der Waals surface area contributed by atoms with Crippen molar-refractivity contribution in [2.24, 2.45) is 5.92 Å². The average molecular weight is 477 g/mol. The number of carbonyl (C=O) groups is 3. The maximum atomic E-state index is 12.7. The van der Waals surface area contributed by atoms with Crippen LogP contribution in [0, 0.1) is 5.92 Å². The Balaban J connectivity index is 1.31. The van der Waals surface area contributed by atoms with Gasteiger partial charge in [-0.1, -0.05) is 74.0 Å². The molecule has 2 aliphatic carbocycles. The summed E-state index contributed by atoms with van der Waals surface area (Å²) in [6.45, 7) is 2.19. The highest BCUT2D eigenvalue weighted by Crippen LogP contribution is 2.44. The molecule has 7 nitrogen and oxygen atoms in total. The second-order valence-electron chi connectivity index (χ2n) is 9.26. The number of hydrogen-bond donors (Lipinski definition) is 3. The van der Waals surface area contributed by atoms with Gasteiger partial charge in [-0.15, -0.1) is 0 Å². The van der Waals surface area contributed by atoms with Crippen LogP contribution < -0.4 is 10.6 Å². The molecule has 0 fully saturated rings. The fourth-order valence-corrected chi connectivity index (χ4v) is 5.10. The van der Waals surface area contributed by atoms with Gasteiger partial charge in [0, 0.05) is 17.9 Å². The number of carbonyl (C=O) groups excluding carboxylic acids is 2. The van der Waals surface area contributed by atoms with Gasteiger partial charge in [0.2, 0.25) is 5.91 Å². The third kappa shape index (κ3) is 5.91. The van der Waals surface area contributed by atoms with Crippen LogP contribution in [0.2, 0.25) is 0 Å². The Kier molecular flexibility index (Phi) is 7.85. The van der Waals surface area contributed by atoms with Crippen molar-refractivity contribution < 1.29 is 24.2 Å². The number of alkyl carbamates (subject to hydrolysis) is 1. The van der Waals surface area contributed by atoms with Crippen LogP contribution >= 0.6 is 0 Å². The van der Waals surface area contributed by atoms with E-state index >= 15 is 0 Å². The molecule has 0 unspecified atom stereocenters. The Hall–Kier alpha value is -3.61. The van der Waals surface area contributed by atoms with Crippen LogP contribution in [0.1, 0.15) is 56.1 Å². The average Bonchev–Trinajstić information content (AvgIpc) is 3.16. The number of hydrogen-bond acceptors (Lipinski definition) is 4. The largest absolute Gasteiger partial charge is 0.481 e. The monoisotopic (exact) mass is 476 g/mol. The Bertz CT molecular complexity index is 1070. The van der Waals surface area contributed by atoms with Crippen molar-refractivity contribution >= 4 is 18.0 Å². The number of ether oxygens (including phenoxy) is 1. The van der Waals surface area contributed by atoms with Gasteiger partial charge in [-0.25, -0.2) is 4.79 Å². The summed E-state index contributed by atoms with van der Waals surface area (Å²) in [4.78, 5) is 36.5. The van der Waals surface area contributed by atoms with Crippen molar-refractivity contribution in [1.82, 2.24) is 10.6 Å². The van der Waals surface area contributed by atoms with Gasteiger partial charge in [0.25, 0.3) is 0 Å². The highest BCUT2D eigenvalue weighted by atomic mass is 16.5. The number of carboxylic acids is 1.